The van der Waals surface area contributed by atoms with Crippen molar-refractivity contribution < 1.29 is 9.31 Å². The molecule has 0 amide bonds. The van der Waals surface area contributed by atoms with Crippen LogP contribution in [0.1, 0.15) is 12.5 Å². The summed E-state index contributed by atoms with van der Waals surface area (Å²) in [5.74, 6) is -0.627. The van der Waals surface area contributed by atoms with Gasteiger partial charge in [0.2, 0.25) is 0 Å². The fraction of sp³-hybridized carbons (Fsp3) is 0.200. The van der Waals surface area contributed by atoms with Crippen LogP contribution in [0.3, 0.4) is 0 Å². The van der Waals surface area contributed by atoms with Crippen molar-refractivity contribution in [3.8, 4) is 0 Å². The highest BCUT2D eigenvalue weighted by Crippen LogP contribution is 2.26. The van der Waals surface area contributed by atoms with Gasteiger partial charge < -0.3 is 5.32 Å². The molecule has 0 aromatic heterocycles. The Kier molecular flexibility index (Phi) is 4.75. The van der Waals surface area contributed by atoms with Crippen LogP contribution in [0.25, 0.3) is 0 Å². The average molecular weight is 309 g/mol. The zero-order valence-electron chi connectivity index (χ0n) is 11.3. The largest absolute Gasteiger partial charge is 0.377 e. The van der Waals surface area contributed by atoms with Crippen LogP contribution < -0.4 is 5.32 Å². The second-order valence-electron chi connectivity index (χ2n) is 4.79. The molecule has 1 N–H and O–H groups in total. The third-order valence-electron chi connectivity index (χ3n) is 3.01. The molecule has 6 heteroatoms. The van der Waals surface area contributed by atoms with Gasteiger partial charge in [-0.05, 0) is 43.2 Å². The number of nitrogens with zero attached hydrogens (tertiary/aromatic N) is 1. The van der Waals surface area contributed by atoms with Gasteiger partial charge in [0, 0.05) is 11.1 Å². The van der Waals surface area contributed by atoms with Crippen molar-refractivity contribution >= 4 is 23.0 Å². The van der Waals surface area contributed by atoms with Crippen molar-refractivity contribution in [3.63, 3.8) is 0 Å². The summed E-state index contributed by atoms with van der Waals surface area (Å²) >= 11 is 5.82. The molecule has 1 unspecified atom stereocenters. The van der Waals surface area contributed by atoms with Gasteiger partial charge in [-0.3, -0.25) is 10.1 Å². The third-order valence-corrected chi connectivity index (χ3v) is 3.27. The first-order chi connectivity index (χ1) is 9.95. The highest BCUT2D eigenvalue weighted by molar-refractivity contribution is 6.30. The summed E-state index contributed by atoms with van der Waals surface area (Å²) in [6.07, 6.45) is 0.672. The Morgan fingerprint density at radius 2 is 1.95 bits per heavy atom. The van der Waals surface area contributed by atoms with Crippen LogP contribution in [0.5, 0.6) is 0 Å². The summed E-state index contributed by atoms with van der Waals surface area (Å²) in [6.45, 7) is 1.90. The second kappa shape index (κ2) is 6.54. The number of anilines is 1. The molecule has 1 atom stereocenters. The second-order valence-corrected chi connectivity index (χ2v) is 5.23. The van der Waals surface area contributed by atoms with Gasteiger partial charge in [-0.25, -0.2) is 4.39 Å². The molecule has 0 heterocycles. The van der Waals surface area contributed by atoms with E-state index in [-0.39, 0.29) is 11.7 Å². The minimum atomic E-state index is -0.627. The molecule has 4 nitrogen and oxygen atoms in total. The number of nitro benzene ring substituents is 1. The van der Waals surface area contributed by atoms with Crippen molar-refractivity contribution in [1.82, 2.24) is 0 Å². The number of halogens is 2. The first-order valence-corrected chi connectivity index (χ1v) is 6.78. The zero-order valence-corrected chi connectivity index (χ0v) is 12.1. The van der Waals surface area contributed by atoms with Crippen molar-refractivity contribution in [1.29, 1.82) is 0 Å². The molecule has 0 saturated heterocycles. The van der Waals surface area contributed by atoms with E-state index >= 15 is 0 Å². The molecule has 2 aromatic rings. The molecule has 0 radical (unpaired) electrons. The van der Waals surface area contributed by atoms with Gasteiger partial charge in [-0.2, -0.15) is 0 Å². The summed E-state index contributed by atoms with van der Waals surface area (Å²) < 4.78 is 13.1. The van der Waals surface area contributed by atoms with E-state index in [0.717, 1.165) is 11.6 Å². The summed E-state index contributed by atoms with van der Waals surface area (Å²) in [5, 5.41) is 14.6. The van der Waals surface area contributed by atoms with Gasteiger partial charge >= 0.3 is 0 Å². The van der Waals surface area contributed by atoms with Gasteiger partial charge in [0.25, 0.3) is 5.69 Å². The van der Waals surface area contributed by atoms with E-state index in [2.05, 4.69) is 5.32 Å². The van der Waals surface area contributed by atoms with Crippen LogP contribution in [-0.2, 0) is 6.42 Å². The number of hydrogen-bond donors (Lipinski definition) is 1. The van der Waals surface area contributed by atoms with Crippen molar-refractivity contribution in [2.24, 2.45) is 0 Å². The van der Waals surface area contributed by atoms with E-state index in [0.29, 0.717) is 17.1 Å². The lowest BCUT2D eigenvalue weighted by molar-refractivity contribution is -0.384. The summed E-state index contributed by atoms with van der Waals surface area (Å²) in [4.78, 5) is 10.3. The topological polar surface area (TPSA) is 55.2 Å². The number of benzene rings is 2. The average Bonchev–Trinajstić information content (AvgIpc) is 2.43. The fourth-order valence-electron chi connectivity index (χ4n) is 2.07. The molecule has 0 aliphatic carbocycles. The molecule has 0 bridgehead atoms. The standard InChI is InChI=1S/C15H14ClFN2O2/c1-10(8-11-2-4-12(16)5-3-11)18-14-7-6-13(17)9-15(14)19(20)21/h2-7,9-10,18H,8H2,1H3. The Morgan fingerprint density at radius 1 is 1.29 bits per heavy atom. The monoisotopic (exact) mass is 308 g/mol. The number of hydrogen-bond acceptors (Lipinski definition) is 3. The number of nitrogens with one attached hydrogen (secondary N) is 1. The molecule has 110 valence electrons. The lowest BCUT2D eigenvalue weighted by atomic mass is 10.1. The Balaban J connectivity index is 2.10. The van der Waals surface area contributed by atoms with E-state index in [1.165, 1.54) is 12.1 Å². The van der Waals surface area contributed by atoms with Crippen LogP contribution in [0.15, 0.2) is 42.5 Å². The quantitative estimate of drug-likeness (QED) is 0.656. The predicted molar refractivity (Wildman–Crippen MR) is 81.3 cm³/mol. The maximum Gasteiger partial charge on any atom is 0.295 e. The van der Waals surface area contributed by atoms with Gasteiger partial charge in [0.05, 0.1) is 11.0 Å². The van der Waals surface area contributed by atoms with Gasteiger partial charge in [0.1, 0.15) is 11.5 Å². The van der Waals surface area contributed by atoms with Crippen LogP contribution in [0.2, 0.25) is 5.02 Å². The van der Waals surface area contributed by atoms with Crippen molar-refractivity contribution in [3.05, 3.63) is 69.0 Å². The zero-order chi connectivity index (χ0) is 15.4. The van der Waals surface area contributed by atoms with E-state index in [4.69, 9.17) is 11.6 Å². The van der Waals surface area contributed by atoms with E-state index in [1.54, 1.807) is 12.1 Å². The third kappa shape index (κ3) is 4.16. The lowest BCUT2D eigenvalue weighted by Gasteiger charge is -2.15. The molecule has 2 rings (SSSR count). The first kappa shape index (κ1) is 15.3. The Bertz CT molecular complexity index is 647. The Morgan fingerprint density at radius 3 is 2.57 bits per heavy atom. The molecular formula is C15H14ClFN2O2. The summed E-state index contributed by atoms with van der Waals surface area (Å²) in [7, 11) is 0. The van der Waals surface area contributed by atoms with Crippen molar-refractivity contribution in [2.75, 3.05) is 5.32 Å². The molecule has 0 aliphatic heterocycles. The van der Waals surface area contributed by atoms with Crippen LogP contribution in [0.4, 0.5) is 15.8 Å². The molecule has 2 aromatic carbocycles. The molecular weight excluding hydrogens is 295 g/mol. The smallest absolute Gasteiger partial charge is 0.295 e. The maximum atomic E-state index is 13.1. The van der Waals surface area contributed by atoms with E-state index in [9.17, 15) is 14.5 Å². The minimum absolute atomic E-state index is 0.0460. The van der Waals surface area contributed by atoms with E-state index < -0.39 is 10.7 Å². The summed E-state index contributed by atoms with van der Waals surface area (Å²) in [5.41, 5.74) is 1.10. The minimum Gasteiger partial charge on any atom is -0.377 e. The maximum absolute atomic E-state index is 13.1. The lowest BCUT2D eigenvalue weighted by Crippen LogP contribution is -2.18. The highest BCUT2D eigenvalue weighted by Gasteiger charge is 2.16. The number of nitro groups is 1. The Labute approximate surface area is 126 Å². The molecule has 0 saturated carbocycles. The van der Waals surface area contributed by atoms with Crippen LogP contribution in [0, 0.1) is 15.9 Å². The normalized spacial score (nSPS) is 12.0. The van der Waals surface area contributed by atoms with E-state index in [1.807, 2.05) is 19.1 Å². The van der Waals surface area contributed by atoms with Gasteiger partial charge in [-0.1, -0.05) is 23.7 Å². The molecule has 0 fully saturated rings. The highest BCUT2D eigenvalue weighted by atomic mass is 35.5. The van der Waals surface area contributed by atoms with Gasteiger partial charge in [-0.15, -0.1) is 0 Å². The number of rotatable bonds is 5. The predicted octanol–water partition coefficient (Wildman–Crippen LogP) is 4.43. The summed E-state index contributed by atoms with van der Waals surface area (Å²) in [6, 6.07) is 10.8. The molecule has 21 heavy (non-hydrogen) atoms. The fourth-order valence-corrected chi connectivity index (χ4v) is 2.19. The first-order valence-electron chi connectivity index (χ1n) is 6.40. The Hall–Kier alpha value is -2.14. The van der Waals surface area contributed by atoms with Gasteiger partial charge in [0.15, 0.2) is 0 Å². The van der Waals surface area contributed by atoms with Crippen LogP contribution >= 0.6 is 11.6 Å². The van der Waals surface area contributed by atoms with Crippen molar-refractivity contribution in [2.45, 2.75) is 19.4 Å². The molecule has 0 spiro atoms. The van der Waals surface area contributed by atoms with Crippen LogP contribution in [-0.4, -0.2) is 11.0 Å². The SMILES string of the molecule is CC(Cc1ccc(Cl)cc1)Nc1ccc(F)cc1[N+](=O)[O-]. The molecule has 0 aliphatic rings.